The van der Waals surface area contributed by atoms with Crippen LogP contribution in [-0.4, -0.2) is 55.7 Å². The standard InChI is InChI=1S/C23H28N2O5S/c26-16-22-21(24-31(28,29)20-8-2-1-3-9-20)11-10-19(30-22)14-23(27)25-13-12-17-6-4-5-7-18(17)15-25/h1-9,19,21-22,24,26H,10-16H2/t19-,21-,22-/m1/s1. The number of carbonyl (C=O) groups excluding carboxylic acids is 1. The van der Waals surface area contributed by atoms with Crippen LogP contribution in [0, 0.1) is 0 Å². The van der Waals surface area contributed by atoms with Gasteiger partial charge in [-0.2, -0.15) is 0 Å². The molecule has 2 aliphatic heterocycles. The molecule has 2 aromatic carbocycles. The number of aliphatic hydroxyl groups excluding tert-OH is 1. The summed E-state index contributed by atoms with van der Waals surface area (Å²) in [6, 6.07) is 15.7. The quantitative estimate of drug-likeness (QED) is 0.709. The number of nitrogens with zero attached hydrogens (tertiary/aromatic N) is 1. The van der Waals surface area contributed by atoms with Gasteiger partial charge >= 0.3 is 0 Å². The summed E-state index contributed by atoms with van der Waals surface area (Å²) in [6.07, 6.45) is 1.10. The number of aliphatic hydroxyl groups is 1. The first-order valence-electron chi connectivity index (χ1n) is 10.6. The number of nitrogens with one attached hydrogen (secondary N) is 1. The Bertz CT molecular complexity index is 1010. The van der Waals surface area contributed by atoms with Crippen molar-refractivity contribution in [2.24, 2.45) is 0 Å². The minimum atomic E-state index is -3.71. The zero-order valence-electron chi connectivity index (χ0n) is 17.3. The van der Waals surface area contributed by atoms with Crippen LogP contribution in [0.5, 0.6) is 0 Å². The molecule has 3 atom stereocenters. The lowest BCUT2D eigenvalue weighted by Gasteiger charge is -2.37. The summed E-state index contributed by atoms with van der Waals surface area (Å²) < 4.78 is 33.8. The zero-order valence-corrected chi connectivity index (χ0v) is 18.1. The van der Waals surface area contributed by atoms with Crippen molar-refractivity contribution in [1.29, 1.82) is 0 Å². The summed E-state index contributed by atoms with van der Waals surface area (Å²) in [6.45, 7) is 0.972. The van der Waals surface area contributed by atoms with Crippen LogP contribution in [0.25, 0.3) is 0 Å². The molecule has 1 saturated heterocycles. The molecule has 0 spiro atoms. The normalized spacial score (nSPS) is 23.9. The lowest BCUT2D eigenvalue weighted by Crippen LogP contribution is -2.51. The van der Waals surface area contributed by atoms with Crippen LogP contribution in [0.3, 0.4) is 0 Å². The van der Waals surface area contributed by atoms with Gasteiger partial charge in [-0.05, 0) is 42.5 Å². The van der Waals surface area contributed by atoms with Crippen LogP contribution in [0.2, 0.25) is 0 Å². The fourth-order valence-corrected chi connectivity index (χ4v) is 5.64. The van der Waals surface area contributed by atoms with Crippen LogP contribution in [-0.2, 0) is 32.5 Å². The Morgan fingerprint density at radius 1 is 1.06 bits per heavy atom. The smallest absolute Gasteiger partial charge is 0.240 e. The van der Waals surface area contributed by atoms with E-state index in [9.17, 15) is 18.3 Å². The molecular weight excluding hydrogens is 416 g/mol. The average Bonchev–Trinajstić information content (AvgIpc) is 2.80. The highest BCUT2D eigenvalue weighted by Crippen LogP contribution is 2.25. The van der Waals surface area contributed by atoms with Gasteiger partial charge in [-0.25, -0.2) is 13.1 Å². The predicted molar refractivity (Wildman–Crippen MR) is 116 cm³/mol. The molecule has 2 heterocycles. The Morgan fingerprint density at radius 3 is 2.52 bits per heavy atom. The highest BCUT2D eigenvalue weighted by atomic mass is 32.2. The lowest BCUT2D eigenvalue weighted by atomic mass is 9.96. The predicted octanol–water partition coefficient (Wildman–Crippen LogP) is 1.85. The van der Waals surface area contributed by atoms with Crippen molar-refractivity contribution in [3.05, 3.63) is 65.7 Å². The van der Waals surface area contributed by atoms with E-state index in [4.69, 9.17) is 4.74 Å². The van der Waals surface area contributed by atoms with Crippen molar-refractivity contribution in [3.8, 4) is 0 Å². The molecular formula is C23H28N2O5S. The number of hydrogen-bond acceptors (Lipinski definition) is 5. The number of rotatable bonds is 6. The van der Waals surface area contributed by atoms with Crippen molar-refractivity contribution in [2.75, 3.05) is 13.2 Å². The maximum atomic E-state index is 12.8. The van der Waals surface area contributed by atoms with Crippen LogP contribution < -0.4 is 4.72 Å². The molecule has 1 amide bonds. The molecule has 8 heteroatoms. The van der Waals surface area contributed by atoms with E-state index in [1.165, 1.54) is 23.3 Å². The van der Waals surface area contributed by atoms with Gasteiger partial charge in [0, 0.05) is 13.1 Å². The van der Waals surface area contributed by atoms with E-state index in [-0.39, 0.29) is 29.9 Å². The van der Waals surface area contributed by atoms with Crippen molar-refractivity contribution in [2.45, 2.75) is 55.4 Å². The fourth-order valence-electron chi connectivity index (χ4n) is 4.32. The van der Waals surface area contributed by atoms with E-state index >= 15 is 0 Å². The van der Waals surface area contributed by atoms with Crippen molar-refractivity contribution < 1.29 is 23.1 Å². The summed E-state index contributed by atoms with van der Waals surface area (Å²) in [7, 11) is -3.71. The molecule has 7 nitrogen and oxygen atoms in total. The van der Waals surface area contributed by atoms with Gasteiger partial charge in [0.25, 0.3) is 0 Å². The Balaban J connectivity index is 1.34. The number of sulfonamides is 1. The van der Waals surface area contributed by atoms with Crippen LogP contribution in [0.15, 0.2) is 59.5 Å². The minimum absolute atomic E-state index is 0.0273. The molecule has 2 N–H and O–H groups in total. The average molecular weight is 445 g/mol. The van der Waals surface area contributed by atoms with E-state index < -0.39 is 22.2 Å². The lowest BCUT2D eigenvalue weighted by molar-refractivity contribution is -0.140. The first kappa shape index (κ1) is 22.0. The summed E-state index contributed by atoms with van der Waals surface area (Å²) in [5, 5.41) is 9.78. The first-order valence-corrected chi connectivity index (χ1v) is 12.1. The molecule has 4 rings (SSSR count). The number of benzene rings is 2. The highest BCUT2D eigenvalue weighted by Gasteiger charge is 2.35. The van der Waals surface area contributed by atoms with Gasteiger partial charge < -0.3 is 14.7 Å². The summed E-state index contributed by atoms with van der Waals surface area (Å²) in [5.74, 6) is 0.0273. The van der Waals surface area contributed by atoms with E-state index in [1.54, 1.807) is 18.2 Å². The molecule has 0 aromatic heterocycles. The highest BCUT2D eigenvalue weighted by molar-refractivity contribution is 7.89. The second kappa shape index (κ2) is 9.48. The first-order chi connectivity index (χ1) is 15.0. The van der Waals surface area contributed by atoms with Crippen LogP contribution >= 0.6 is 0 Å². The third-order valence-corrected chi connectivity index (χ3v) is 7.55. The van der Waals surface area contributed by atoms with Gasteiger partial charge in [0.15, 0.2) is 0 Å². The number of amides is 1. The largest absolute Gasteiger partial charge is 0.394 e. The van der Waals surface area contributed by atoms with Crippen molar-refractivity contribution in [3.63, 3.8) is 0 Å². The summed E-state index contributed by atoms with van der Waals surface area (Å²) in [4.78, 5) is 14.9. The molecule has 1 fully saturated rings. The van der Waals surface area contributed by atoms with Crippen LogP contribution in [0.4, 0.5) is 0 Å². The fraction of sp³-hybridized carbons (Fsp3) is 0.435. The van der Waals surface area contributed by atoms with Crippen molar-refractivity contribution in [1.82, 2.24) is 9.62 Å². The Hall–Kier alpha value is -2.26. The van der Waals surface area contributed by atoms with Crippen LogP contribution in [0.1, 0.15) is 30.4 Å². The third-order valence-electron chi connectivity index (χ3n) is 6.04. The molecule has 0 unspecified atom stereocenters. The number of fused-ring (bicyclic) bond motifs is 1. The Morgan fingerprint density at radius 2 is 1.77 bits per heavy atom. The SMILES string of the molecule is O=C(C[C@H]1CC[C@@H](NS(=O)(=O)c2ccccc2)[C@@H](CO)O1)N1CCc2ccccc2C1. The van der Waals surface area contributed by atoms with Gasteiger partial charge in [0.05, 0.1) is 36.2 Å². The third kappa shape index (κ3) is 5.15. The second-order valence-electron chi connectivity index (χ2n) is 8.14. The molecule has 0 saturated carbocycles. The maximum Gasteiger partial charge on any atom is 0.240 e. The summed E-state index contributed by atoms with van der Waals surface area (Å²) >= 11 is 0. The molecule has 0 radical (unpaired) electrons. The maximum absolute atomic E-state index is 12.8. The number of ether oxygens (including phenoxy) is 1. The van der Waals surface area contributed by atoms with Gasteiger partial charge in [-0.15, -0.1) is 0 Å². The molecule has 166 valence electrons. The van der Waals surface area contributed by atoms with Crippen molar-refractivity contribution >= 4 is 15.9 Å². The van der Waals surface area contributed by atoms with Gasteiger partial charge in [-0.1, -0.05) is 42.5 Å². The van der Waals surface area contributed by atoms with E-state index in [0.29, 0.717) is 25.9 Å². The Kier molecular flexibility index (Phi) is 6.71. The monoisotopic (exact) mass is 444 g/mol. The number of hydrogen-bond donors (Lipinski definition) is 2. The molecule has 0 aliphatic carbocycles. The van der Waals surface area contributed by atoms with E-state index in [2.05, 4.69) is 16.9 Å². The van der Waals surface area contributed by atoms with Gasteiger partial charge in [0.2, 0.25) is 15.9 Å². The van der Waals surface area contributed by atoms with E-state index in [1.807, 2.05) is 17.0 Å². The molecule has 2 aromatic rings. The van der Waals surface area contributed by atoms with Gasteiger partial charge in [-0.3, -0.25) is 4.79 Å². The molecule has 2 aliphatic rings. The zero-order chi connectivity index (χ0) is 21.8. The molecule has 0 bridgehead atoms. The number of carbonyl (C=O) groups is 1. The second-order valence-corrected chi connectivity index (χ2v) is 9.85. The van der Waals surface area contributed by atoms with Gasteiger partial charge in [0.1, 0.15) is 0 Å². The molecule has 31 heavy (non-hydrogen) atoms. The summed E-state index contributed by atoms with van der Waals surface area (Å²) in [5.41, 5.74) is 2.46. The minimum Gasteiger partial charge on any atom is -0.394 e. The van der Waals surface area contributed by atoms with E-state index in [0.717, 1.165) is 6.42 Å². The topological polar surface area (TPSA) is 95.9 Å². The Labute approximate surface area is 183 Å².